The number of unbranched alkanes of at least 4 members (excludes halogenated alkanes) is 9. The van der Waals surface area contributed by atoms with Crippen molar-refractivity contribution < 1.29 is 24.0 Å². The van der Waals surface area contributed by atoms with Crippen molar-refractivity contribution in [1.82, 2.24) is 20.9 Å². The van der Waals surface area contributed by atoms with E-state index in [0.29, 0.717) is 25.9 Å². The first-order chi connectivity index (χ1) is 20.3. The van der Waals surface area contributed by atoms with Crippen molar-refractivity contribution in [3.63, 3.8) is 0 Å². The molecule has 0 aliphatic carbocycles. The minimum atomic E-state index is -1.10. The Morgan fingerprint density at radius 1 is 0.837 bits per heavy atom. The van der Waals surface area contributed by atoms with Crippen molar-refractivity contribution in [2.45, 2.75) is 150 Å². The fourth-order valence-corrected chi connectivity index (χ4v) is 5.89. The van der Waals surface area contributed by atoms with E-state index in [0.717, 1.165) is 19.3 Å². The van der Waals surface area contributed by atoms with Gasteiger partial charge in [0.25, 0.3) is 5.91 Å². The highest BCUT2D eigenvalue weighted by Crippen LogP contribution is 2.33. The number of carbonyl (C=O) groups is 5. The number of likely N-dealkylation sites (tertiary alicyclic amines) is 1. The lowest BCUT2D eigenvalue weighted by Gasteiger charge is -2.37. The molecule has 248 valence electrons. The van der Waals surface area contributed by atoms with E-state index in [2.05, 4.69) is 22.9 Å². The maximum atomic E-state index is 14.0. The van der Waals surface area contributed by atoms with Crippen LogP contribution in [0, 0.1) is 17.3 Å². The number of amides is 5. The molecule has 1 aliphatic heterocycles. The number of nitrogens with two attached hydrogens (primary N) is 1. The standard InChI is InChI=1S/C33H61N5O5/c1-8-10-11-12-13-14-15-16-17-18-21-35-32(43)37-28(33(5,6)7)31(42)38-22-20-24(23(3)4)26(38)30(41)36-25(19-9-2)27(39)29(34)40/h23-26,28H,8-22H2,1-7H3,(H2,34,40)(H,36,41)(H2,35,37,43)/t24?,25?,26-,28+/m0/s1. The van der Waals surface area contributed by atoms with Crippen molar-refractivity contribution in [2.75, 3.05) is 13.1 Å². The second kappa shape index (κ2) is 19.6. The summed E-state index contributed by atoms with van der Waals surface area (Å²) in [5.74, 6) is -2.80. The minimum absolute atomic E-state index is 0.0930. The molecule has 5 amide bonds. The van der Waals surface area contributed by atoms with Crippen molar-refractivity contribution in [3.8, 4) is 0 Å². The fraction of sp³-hybridized carbons (Fsp3) is 0.848. The lowest BCUT2D eigenvalue weighted by Crippen LogP contribution is -2.61. The molecule has 0 aromatic rings. The van der Waals surface area contributed by atoms with Gasteiger partial charge in [0.2, 0.25) is 17.6 Å². The van der Waals surface area contributed by atoms with Crippen LogP contribution in [0.2, 0.25) is 0 Å². The smallest absolute Gasteiger partial charge is 0.315 e. The molecule has 43 heavy (non-hydrogen) atoms. The van der Waals surface area contributed by atoms with E-state index >= 15 is 0 Å². The highest BCUT2D eigenvalue weighted by atomic mass is 16.2. The van der Waals surface area contributed by atoms with Crippen LogP contribution in [0.25, 0.3) is 0 Å². The van der Waals surface area contributed by atoms with E-state index in [4.69, 9.17) is 5.73 Å². The summed E-state index contributed by atoms with van der Waals surface area (Å²) in [4.78, 5) is 65.9. The van der Waals surface area contributed by atoms with Crippen LogP contribution in [0.1, 0.15) is 132 Å². The number of hydrogen-bond acceptors (Lipinski definition) is 5. The topological polar surface area (TPSA) is 151 Å². The predicted octanol–water partition coefficient (Wildman–Crippen LogP) is 4.83. The maximum absolute atomic E-state index is 14.0. The average molecular weight is 608 g/mol. The molecule has 0 bridgehead atoms. The molecule has 1 heterocycles. The van der Waals surface area contributed by atoms with Crippen LogP contribution in [-0.2, 0) is 19.2 Å². The summed E-state index contributed by atoms with van der Waals surface area (Å²) < 4.78 is 0. The Kier molecular flexibility index (Phi) is 17.5. The molecule has 5 N–H and O–H groups in total. The third kappa shape index (κ3) is 13.3. The van der Waals surface area contributed by atoms with Gasteiger partial charge in [0.05, 0.1) is 6.04 Å². The number of carbonyl (C=O) groups excluding carboxylic acids is 5. The lowest BCUT2D eigenvalue weighted by atomic mass is 9.84. The Morgan fingerprint density at radius 3 is 1.88 bits per heavy atom. The zero-order valence-corrected chi connectivity index (χ0v) is 28.1. The van der Waals surface area contributed by atoms with Gasteiger partial charge in [0, 0.05) is 13.1 Å². The number of Topliss-reactive ketones (excluding diaryl/α,β-unsaturated/α-hetero) is 1. The Labute approximate surface area is 260 Å². The van der Waals surface area contributed by atoms with Gasteiger partial charge in [-0.05, 0) is 36.5 Å². The number of nitrogens with zero attached hydrogens (tertiary/aromatic N) is 1. The zero-order chi connectivity index (χ0) is 32.6. The van der Waals surface area contributed by atoms with Gasteiger partial charge >= 0.3 is 6.03 Å². The summed E-state index contributed by atoms with van der Waals surface area (Å²) >= 11 is 0. The van der Waals surface area contributed by atoms with Gasteiger partial charge in [-0.1, -0.05) is 113 Å². The van der Waals surface area contributed by atoms with E-state index in [1.54, 1.807) is 0 Å². The molecule has 0 aromatic carbocycles. The van der Waals surface area contributed by atoms with Gasteiger partial charge < -0.3 is 26.6 Å². The van der Waals surface area contributed by atoms with Crippen molar-refractivity contribution in [2.24, 2.45) is 23.0 Å². The summed E-state index contributed by atoms with van der Waals surface area (Å²) in [5, 5.41) is 8.49. The molecule has 0 spiro atoms. The van der Waals surface area contributed by atoms with Crippen LogP contribution in [0.5, 0.6) is 0 Å². The molecule has 1 fully saturated rings. The SMILES string of the molecule is CCCCCCCCCCCCNC(=O)N[C@H](C(=O)N1CCC(C(C)C)[C@H]1C(=O)NC(CCC)C(=O)C(N)=O)C(C)(C)C. The molecule has 2 unspecified atom stereocenters. The number of rotatable bonds is 20. The number of hydrogen-bond donors (Lipinski definition) is 4. The van der Waals surface area contributed by atoms with E-state index in [1.165, 1.54) is 49.8 Å². The molecule has 10 heteroatoms. The van der Waals surface area contributed by atoms with Gasteiger partial charge in [-0.25, -0.2) is 4.79 Å². The minimum Gasteiger partial charge on any atom is -0.363 e. The van der Waals surface area contributed by atoms with Gasteiger partial charge in [-0.3, -0.25) is 19.2 Å². The van der Waals surface area contributed by atoms with Crippen molar-refractivity contribution in [1.29, 1.82) is 0 Å². The number of urea groups is 1. The molecule has 1 rings (SSSR count). The summed E-state index contributed by atoms with van der Waals surface area (Å²) in [5.41, 5.74) is 4.60. The maximum Gasteiger partial charge on any atom is 0.315 e. The second-order valence-electron chi connectivity index (χ2n) is 13.6. The number of primary amides is 1. The first kappa shape index (κ1) is 38.4. The number of ketones is 1. The summed E-state index contributed by atoms with van der Waals surface area (Å²) in [7, 11) is 0. The van der Waals surface area contributed by atoms with E-state index in [1.807, 2.05) is 41.5 Å². The van der Waals surface area contributed by atoms with Crippen LogP contribution >= 0.6 is 0 Å². The van der Waals surface area contributed by atoms with Gasteiger partial charge in [-0.2, -0.15) is 0 Å². The Morgan fingerprint density at radius 2 is 1.40 bits per heavy atom. The van der Waals surface area contributed by atoms with E-state index < -0.39 is 47.2 Å². The Balaban J connectivity index is 2.81. The Hall–Kier alpha value is -2.65. The molecular formula is C33H61N5O5. The quantitative estimate of drug-likeness (QED) is 0.115. The van der Waals surface area contributed by atoms with Gasteiger partial charge in [0.15, 0.2) is 0 Å². The first-order valence-corrected chi connectivity index (χ1v) is 16.7. The summed E-state index contributed by atoms with van der Waals surface area (Å²) in [6, 6.07) is -3.12. The van der Waals surface area contributed by atoms with Crippen LogP contribution in [-0.4, -0.2) is 65.7 Å². The molecule has 10 nitrogen and oxygen atoms in total. The highest BCUT2D eigenvalue weighted by molar-refractivity contribution is 6.37. The summed E-state index contributed by atoms with van der Waals surface area (Å²) in [6.45, 7) is 14.6. The first-order valence-electron chi connectivity index (χ1n) is 16.7. The normalized spacial score (nSPS) is 18.3. The second-order valence-corrected chi connectivity index (χ2v) is 13.6. The van der Waals surface area contributed by atoms with Crippen LogP contribution in [0.4, 0.5) is 4.79 Å². The molecular weight excluding hydrogens is 546 g/mol. The third-order valence-corrected chi connectivity index (χ3v) is 8.51. The monoisotopic (exact) mass is 607 g/mol. The molecule has 1 aliphatic rings. The van der Waals surface area contributed by atoms with Crippen molar-refractivity contribution >= 4 is 29.5 Å². The highest BCUT2D eigenvalue weighted by Gasteiger charge is 2.47. The molecule has 0 aromatic heterocycles. The summed E-state index contributed by atoms with van der Waals surface area (Å²) in [6.07, 6.45) is 13.5. The van der Waals surface area contributed by atoms with Crippen LogP contribution in [0.3, 0.4) is 0 Å². The molecule has 0 saturated carbocycles. The largest absolute Gasteiger partial charge is 0.363 e. The zero-order valence-electron chi connectivity index (χ0n) is 28.1. The molecule has 4 atom stereocenters. The van der Waals surface area contributed by atoms with Crippen LogP contribution < -0.4 is 21.7 Å². The van der Waals surface area contributed by atoms with Crippen molar-refractivity contribution in [3.05, 3.63) is 0 Å². The predicted molar refractivity (Wildman–Crippen MR) is 171 cm³/mol. The fourth-order valence-electron chi connectivity index (χ4n) is 5.89. The molecule has 0 radical (unpaired) electrons. The van der Waals surface area contributed by atoms with Gasteiger partial charge in [-0.15, -0.1) is 0 Å². The molecule has 1 saturated heterocycles. The van der Waals surface area contributed by atoms with E-state index in [9.17, 15) is 24.0 Å². The van der Waals surface area contributed by atoms with Crippen LogP contribution in [0.15, 0.2) is 0 Å². The third-order valence-electron chi connectivity index (χ3n) is 8.51. The number of nitrogens with one attached hydrogen (secondary N) is 3. The average Bonchev–Trinajstić information content (AvgIpc) is 3.39. The Bertz CT molecular complexity index is 901. The van der Waals surface area contributed by atoms with E-state index in [-0.39, 0.29) is 24.2 Å². The lowest BCUT2D eigenvalue weighted by molar-refractivity contribution is -0.144. The van der Waals surface area contributed by atoms with Gasteiger partial charge in [0.1, 0.15) is 12.1 Å².